The van der Waals surface area contributed by atoms with E-state index in [-0.39, 0.29) is 5.95 Å². The van der Waals surface area contributed by atoms with Gasteiger partial charge >= 0.3 is 0 Å². The Morgan fingerprint density at radius 1 is 1.15 bits per heavy atom. The van der Waals surface area contributed by atoms with E-state index in [9.17, 15) is 0 Å². The summed E-state index contributed by atoms with van der Waals surface area (Å²) < 4.78 is 5.13. The van der Waals surface area contributed by atoms with Crippen LogP contribution in [0.2, 0.25) is 10.0 Å². The van der Waals surface area contributed by atoms with E-state index in [1.807, 2.05) is 17.5 Å². The summed E-state index contributed by atoms with van der Waals surface area (Å²) >= 11 is 13.2. The molecule has 0 bridgehead atoms. The Morgan fingerprint density at radius 2 is 1.95 bits per heavy atom. The number of aliphatic imine (C=N–C) groups is 1. The van der Waals surface area contributed by atoms with Gasteiger partial charge in [0.15, 0.2) is 0 Å². The average molecular weight is 324 g/mol. The third kappa shape index (κ3) is 2.90. The number of nitrogens with zero attached hydrogens (tertiary/aromatic N) is 3. The van der Waals surface area contributed by atoms with Crippen LogP contribution in [0.1, 0.15) is 5.56 Å². The summed E-state index contributed by atoms with van der Waals surface area (Å²) in [6.07, 6.45) is 1.64. The smallest absolute Gasteiger partial charge is 0.289 e. The minimum Gasteiger partial charge on any atom is -0.331 e. The molecule has 0 fully saturated rings. The predicted molar refractivity (Wildman–Crippen MR) is 81.3 cm³/mol. The number of thiophene rings is 1. The molecule has 0 saturated heterocycles. The van der Waals surface area contributed by atoms with Gasteiger partial charge in [-0.25, -0.2) is 4.99 Å². The summed E-state index contributed by atoms with van der Waals surface area (Å²) in [6, 6.07) is 9.06. The molecule has 3 aromatic rings. The van der Waals surface area contributed by atoms with Crippen LogP contribution in [-0.2, 0) is 0 Å². The van der Waals surface area contributed by atoms with Crippen LogP contribution in [0, 0.1) is 0 Å². The van der Waals surface area contributed by atoms with Crippen molar-refractivity contribution in [2.45, 2.75) is 0 Å². The monoisotopic (exact) mass is 323 g/mol. The van der Waals surface area contributed by atoms with Crippen molar-refractivity contribution in [1.82, 2.24) is 10.1 Å². The molecule has 0 spiro atoms. The number of rotatable bonds is 3. The second kappa shape index (κ2) is 5.75. The summed E-state index contributed by atoms with van der Waals surface area (Å²) in [6.45, 7) is 0. The standard InChI is InChI=1S/C13H7Cl2N3OS/c14-9-3-1-8(2-4-9)7-16-13-17-12(19-18-13)11-10(15)5-6-20-11/h1-7H/b16-7+. The molecule has 7 heteroatoms. The molecule has 0 atom stereocenters. The van der Waals surface area contributed by atoms with Crippen LogP contribution >= 0.6 is 34.5 Å². The summed E-state index contributed by atoms with van der Waals surface area (Å²) in [5.41, 5.74) is 0.898. The molecule has 2 aromatic heterocycles. The minimum atomic E-state index is 0.249. The summed E-state index contributed by atoms with van der Waals surface area (Å²) in [5.74, 6) is 0.618. The Morgan fingerprint density at radius 3 is 2.65 bits per heavy atom. The third-order valence-electron chi connectivity index (χ3n) is 2.43. The second-order valence-electron chi connectivity index (χ2n) is 3.81. The van der Waals surface area contributed by atoms with Crippen molar-refractivity contribution in [3.63, 3.8) is 0 Å². The molecule has 0 N–H and O–H groups in total. The highest BCUT2D eigenvalue weighted by molar-refractivity contribution is 7.14. The predicted octanol–water partition coefficient (Wildman–Crippen LogP) is 4.86. The van der Waals surface area contributed by atoms with E-state index < -0.39 is 0 Å². The fraction of sp³-hybridized carbons (Fsp3) is 0. The van der Waals surface area contributed by atoms with Gasteiger partial charge < -0.3 is 4.52 Å². The minimum absolute atomic E-state index is 0.249. The van der Waals surface area contributed by atoms with Crippen molar-refractivity contribution in [3.8, 4) is 10.8 Å². The lowest BCUT2D eigenvalue weighted by molar-refractivity contribution is 0.433. The highest BCUT2D eigenvalue weighted by atomic mass is 35.5. The molecule has 0 amide bonds. The van der Waals surface area contributed by atoms with Gasteiger partial charge in [-0.15, -0.1) is 11.3 Å². The highest BCUT2D eigenvalue weighted by Crippen LogP contribution is 2.32. The average Bonchev–Trinajstić information content (AvgIpc) is 3.06. The normalized spacial score (nSPS) is 11.3. The second-order valence-corrected chi connectivity index (χ2v) is 5.57. The first kappa shape index (κ1) is 13.3. The zero-order valence-electron chi connectivity index (χ0n) is 9.96. The first-order chi connectivity index (χ1) is 9.72. The van der Waals surface area contributed by atoms with Gasteiger partial charge in [-0.1, -0.05) is 35.3 Å². The molecular formula is C13H7Cl2N3OS. The lowest BCUT2D eigenvalue weighted by Gasteiger charge is -1.91. The van der Waals surface area contributed by atoms with Crippen molar-refractivity contribution >= 4 is 46.7 Å². The van der Waals surface area contributed by atoms with Crippen molar-refractivity contribution < 1.29 is 4.52 Å². The number of hydrogen-bond acceptors (Lipinski definition) is 5. The fourth-order valence-corrected chi connectivity index (χ4v) is 2.67. The van der Waals surface area contributed by atoms with E-state index in [1.165, 1.54) is 11.3 Å². The fourth-order valence-electron chi connectivity index (χ4n) is 1.49. The third-order valence-corrected chi connectivity index (χ3v) is 4.01. The molecule has 0 radical (unpaired) electrons. The van der Waals surface area contributed by atoms with E-state index in [1.54, 1.807) is 24.4 Å². The summed E-state index contributed by atoms with van der Waals surface area (Å²) in [4.78, 5) is 9.06. The van der Waals surface area contributed by atoms with E-state index >= 15 is 0 Å². The van der Waals surface area contributed by atoms with Crippen LogP contribution in [0.3, 0.4) is 0 Å². The van der Waals surface area contributed by atoms with Gasteiger partial charge in [0.25, 0.3) is 11.8 Å². The summed E-state index contributed by atoms with van der Waals surface area (Å²) in [5, 5.41) is 6.91. The Balaban J connectivity index is 1.81. The Bertz CT molecular complexity index is 749. The van der Waals surface area contributed by atoms with E-state index in [4.69, 9.17) is 27.7 Å². The molecule has 2 heterocycles. The Hall–Kier alpha value is -1.69. The Kier molecular flexibility index (Phi) is 3.82. The van der Waals surface area contributed by atoms with Crippen LogP contribution in [0.4, 0.5) is 5.95 Å². The molecule has 0 aliphatic heterocycles. The molecule has 4 nitrogen and oxygen atoms in total. The lowest BCUT2D eigenvalue weighted by atomic mass is 10.2. The van der Waals surface area contributed by atoms with Crippen LogP contribution in [-0.4, -0.2) is 16.4 Å². The highest BCUT2D eigenvalue weighted by Gasteiger charge is 2.12. The molecule has 1 aromatic carbocycles. The lowest BCUT2D eigenvalue weighted by Crippen LogP contribution is -1.79. The molecule has 0 aliphatic carbocycles. The first-order valence-corrected chi connectivity index (χ1v) is 7.22. The zero-order chi connectivity index (χ0) is 13.9. The molecular weight excluding hydrogens is 317 g/mol. The number of hydrogen-bond donors (Lipinski definition) is 0. The quantitative estimate of drug-likeness (QED) is 0.647. The maximum atomic E-state index is 6.00. The van der Waals surface area contributed by atoms with Gasteiger partial charge in [-0.3, -0.25) is 0 Å². The van der Waals surface area contributed by atoms with Crippen LogP contribution in [0.25, 0.3) is 10.8 Å². The van der Waals surface area contributed by atoms with Gasteiger partial charge in [0.05, 0.1) is 5.02 Å². The molecule has 3 rings (SSSR count). The van der Waals surface area contributed by atoms with Gasteiger partial charge in [0.2, 0.25) is 0 Å². The van der Waals surface area contributed by atoms with E-state index in [2.05, 4.69) is 15.1 Å². The van der Waals surface area contributed by atoms with Crippen molar-refractivity contribution in [2.75, 3.05) is 0 Å². The Labute approximate surface area is 128 Å². The summed E-state index contributed by atoms with van der Waals surface area (Å²) in [7, 11) is 0. The number of aromatic nitrogens is 2. The van der Waals surface area contributed by atoms with Gasteiger partial charge in [0.1, 0.15) is 4.88 Å². The number of benzene rings is 1. The van der Waals surface area contributed by atoms with Crippen LogP contribution in [0.15, 0.2) is 45.2 Å². The maximum Gasteiger partial charge on any atom is 0.289 e. The van der Waals surface area contributed by atoms with Crippen molar-refractivity contribution in [1.29, 1.82) is 0 Å². The number of halogens is 2. The van der Waals surface area contributed by atoms with Crippen LogP contribution in [0.5, 0.6) is 0 Å². The molecule has 0 saturated carbocycles. The molecule has 0 unspecified atom stereocenters. The molecule has 20 heavy (non-hydrogen) atoms. The first-order valence-electron chi connectivity index (χ1n) is 5.59. The van der Waals surface area contributed by atoms with E-state index in [0.717, 1.165) is 10.4 Å². The molecule has 100 valence electrons. The van der Waals surface area contributed by atoms with Crippen molar-refractivity contribution in [3.05, 3.63) is 51.3 Å². The maximum absolute atomic E-state index is 6.00. The van der Waals surface area contributed by atoms with Crippen LogP contribution < -0.4 is 0 Å². The SMILES string of the molecule is Clc1ccc(/C=N/c2noc(-c3sccc3Cl)n2)cc1. The van der Waals surface area contributed by atoms with E-state index in [0.29, 0.717) is 15.9 Å². The van der Waals surface area contributed by atoms with Gasteiger partial charge in [-0.05, 0) is 34.3 Å². The van der Waals surface area contributed by atoms with Gasteiger partial charge in [0, 0.05) is 11.2 Å². The topological polar surface area (TPSA) is 51.3 Å². The zero-order valence-corrected chi connectivity index (χ0v) is 12.3. The van der Waals surface area contributed by atoms with Crippen molar-refractivity contribution in [2.24, 2.45) is 4.99 Å². The molecule has 0 aliphatic rings. The van der Waals surface area contributed by atoms with Gasteiger partial charge in [-0.2, -0.15) is 4.98 Å². The largest absolute Gasteiger partial charge is 0.331 e.